The van der Waals surface area contributed by atoms with Crippen LogP contribution in [0.4, 0.5) is 4.79 Å². The van der Waals surface area contributed by atoms with Gasteiger partial charge < -0.3 is 10.1 Å². The predicted molar refractivity (Wildman–Crippen MR) is 107 cm³/mol. The van der Waals surface area contributed by atoms with Crippen molar-refractivity contribution in [1.29, 1.82) is 0 Å². The number of aromatic nitrogens is 1. The zero-order chi connectivity index (χ0) is 20.8. The molecule has 3 amide bonds. The second kappa shape index (κ2) is 7.93. The molecule has 0 unspecified atom stereocenters. The highest BCUT2D eigenvalue weighted by Crippen LogP contribution is 2.55. The summed E-state index contributed by atoms with van der Waals surface area (Å²) in [6, 6.07) is -0.557. The van der Waals surface area contributed by atoms with Crippen LogP contribution in [-0.4, -0.2) is 35.0 Å². The fourth-order valence-corrected chi connectivity index (χ4v) is 6.04. The molecule has 4 aliphatic rings. The third-order valence-corrected chi connectivity index (χ3v) is 7.36. The molecular weight excluding hydrogens is 441 g/mol. The third kappa shape index (κ3) is 4.32. The molecule has 1 aromatic heterocycles. The van der Waals surface area contributed by atoms with E-state index in [1.807, 2.05) is 0 Å². The Kier molecular flexibility index (Phi) is 5.66. The number of halogens is 3. The lowest BCUT2D eigenvalue weighted by atomic mass is 9.53. The fraction of sp³-hybridized carbons (Fsp3) is 0.579. The van der Waals surface area contributed by atoms with Crippen LogP contribution in [0.15, 0.2) is 6.20 Å². The molecule has 1 heterocycles. The van der Waals surface area contributed by atoms with E-state index in [-0.39, 0.29) is 26.3 Å². The van der Waals surface area contributed by atoms with Crippen LogP contribution in [0.5, 0.6) is 0 Å². The van der Waals surface area contributed by atoms with E-state index in [0.717, 1.165) is 25.5 Å². The van der Waals surface area contributed by atoms with Gasteiger partial charge in [-0.1, -0.05) is 34.8 Å². The van der Waals surface area contributed by atoms with Gasteiger partial charge in [-0.15, -0.1) is 0 Å². The minimum Gasteiger partial charge on any atom is -0.451 e. The van der Waals surface area contributed by atoms with Gasteiger partial charge in [0.1, 0.15) is 0 Å². The summed E-state index contributed by atoms with van der Waals surface area (Å²) in [5, 5.41) is 5.15. The van der Waals surface area contributed by atoms with Crippen molar-refractivity contribution in [3.05, 3.63) is 27.0 Å². The van der Waals surface area contributed by atoms with Crippen molar-refractivity contribution >= 4 is 52.7 Å². The largest absolute Gasteiger partial charge is 0.451 e. The van der Waals surface area contributed by atoms with Gasteiger partial charge in [0.05, 0.1) is 15.1 Å². The molecule has 5 rings (SSSR count). The SMILES string of the molecule is O=C(COC(=O)c1ncc(Cl)c(Cl)c1Cl)NC(=O)NC12CC3CC(CC(C3)C1)C2. The molecule has 0 radical (unpaired) electrons. The molecule has 1 aromatic rings. The monoisotopic (exact) mass is 459 g/mol. The molecule has 0 saturated heterocycles. The minimum atomic E-state index is -0.940. The van der Waals surface area contributed by atoms with Gasteiger partial charge in [0.15, 0.2) is 12.3 Å². The van der Waals surface area contributed by atoms with Gasteiger partial charge in [-0.2, -0.15) is 0 Å². The Bertz CT molecular complexity index is 841. The quantitative estimate of drug-likeness (QED) is 0.662. The van der Waals surface area contributed by atoms with E-state index in [1.54, 1.807) is 0 Å². The van der Waals surface area contributed by atoms with E-state index in [2.05, 4.69) is 15.6 Å². The highest BCUT2D eigenvalue weighted by atomic mass is 35.5. The number of amides is 3. The average molecular weight is 461 g/mol. The second-order valence-electron chi connectivity index (χ2n) is 8.36. The summed E-state index contributed by atoms with van der Waals surface area (Å²) in [6.07, 6.45) is 7.82. The van der Waals surface area contributed by atoms with Crippen LogP contribution in [-0.2, 0) is 9.53 Å². The molecule has 10 heteroatoms. The topological polar surface area (TPSA) is 97.4 Å². The molecule has 156 valence electrons. The van der Waals surface area contributed by atoms with Crippen LogP contribution in [0.2, 0.25) is 15.1 Å². The molecular formula is C19H20Cl3N3O4. The number of nitrogens with one attached hydrogen (secondary N) is 2. The molecule has 0 spiro atoms. The first kappa shape index (κ1) is 20.7. The van der Waals surface area contributed by atoms with Crippen molar-refractivity contribution in [3.63, 3.8) is 0 Å². The smallest absolute Gasteiger partial charge is 0.359 e. The Morgan fingerprint density at radius 1 is 1.03 bits per heavy atom. The van der Waals surface area contributed by atoms with E-state index in [0.29, 0.717) is 17.8 Å². The number of hydrogen-bond acceptors (Lipinski definition) is 5. The lowest BCUT2D eigenvalue weighted by molar-refractivity contribution is -0.123. The number of hydrogen-bond donors (Lipinski definition) is 2. The maximum Gasteiger partial charge on any atom is 0.359 e. The Balaban J connectivity index is 1.28. The van der Waals surface area contributed by atoms with Crippen LogP contribution in [0.1, 0.15) is 49.0 Å². The number of nitrogens with zero attached hydrogens (tertiary/aromatic N) is 1. The van der Waals surface area contributed by atoms with Gasteiger partial charge in [0.25, 0.3) is 5.91 Å². The normalized spacial score (nSPS) is 29.4. The number of pyridine rings is 1. The minimum absolute atomic E-state index is 0.0327. The van der Waals surface area contributed by atoms with Crippen LogP contribution in [0.25, 0.3) is 0 Å². The van der Waals surface area contributed by atoms with E-state index >= 15 is 0 Å². The molecule has 2 N–H and O–H groups in total. The first-order valence-corrected chi connectivity index (χ1v) is 10.7. The first-order valence-electron chi connectivity index (χ1n) is 9.53. The Labute approximate surface area is 182 Å². The average Bonchev–Trinajstić information content (AvgIpc) is 2.62. The number of imide groups is 1. The number of urea groups is 1. The number of carbonyl (C=O) groups excluding carboxylic acids is 3. The molecule has 4 bridgehead atoms. The number of ether oxygens (including phenoxy) is 1. The Morgan fingerprint density at radius 3 is 2.21 bits per heavy atom. The zero-order valence-electron chi connectivity index (χ0n) is 15.5. The summed E-state index contributed by atoms with van der Waals surface area (Å²) in [6.45, 7) is -0.647. The van der Waals surface area contributed by atoms with Gasteiger partial charge in [-0.25, -0.2) is 14.6 Å². The standard InChI is InChI=1S/C19H20Cl3N3O4/c20-12-7-23-16(15(22)14(12)21)17(27)29-8-13(26)24-18(28)25-19-4-9-1-10(5-19)3-11(2-9)6-19/h7,9-11H,1-6,8H2,(H2,24,25,26,28). The molecule has 4 aliphatic carbocycles. The van der Waals surface area contributed by atoms with Crippen molar-refractivity contribution in [2.75, 3.05) is 6.61 Å². The van der Waals surface area contributed by atoms with Gasteiger partial charge in [-0.3, -0.25) is 10.1 Å². The van der Waals surface area contributed by atoms with Crippen molar-refractivity contribution in [1.82, 2.24) is 15.6 Å². The number of carbonyl (C=O) groups is 3. The fourth-order valence-electron chi connectivity index (χ4n) is 5.48. The molecule has 0 atom stereocenters. The van der Waals surface area contributed by atoms with Crippen LogP contribution >= 0.6 is 34.8 Å². The highest BCUT2D eigenvalue weighted by Gasteiger charge is 2.51. The molecule has 29 heavy (non-hydrogen) atoms. The lowest BCUT2D eigenvalue weighted by Gasteiger charge is -2.56. The van der Waals surface area contributed by atoms with Crippen molar-refractivity contribution in [3.8, 4) is 0 Å². The summed E-state index contributed by atoms with van der Waals surface area (Å²) in [5.41, 5.74) is -0.473. The van der Waals surface area contributed by atoms with Gasteiger partial charge >= 0.3 is 12.0 Å². The highest BCUT2D eigenvalue weighted by molar-refractivity contribution is 6.48. The van der Waals surface area contributed by atoms with E-state index in [1.165, 1.54) is 19.3 Å². The summed E-state index contributed by atoms with van der Waals surface area (Å²) in [4.78, 5) is 40.2. The lowest BCUT2D eigenvalue weighted by Crippen LogP contribution is -2.62. The van der Waals surface area contributed by atoms with Gasteiger partial charge in [0.2, 0.25) is 0 Å². The predicted octanol–water partition coefficient (Wildman–Crippen LogP) is 3.99. The molecule has 4 fully saturated rings. The summed E-state index contributed by atoms with van der Waals surface area (Å²) >= 11 is 17.5. The first-order chi connectivity index (χ1) is 13.7. The maximum atomic E-state index is 12.3. The Hall–Kier alpha value is -1.57. The number of esters is 1. The van der Waals surface area contributed by atoms with E-state index in [4.69, 9.17) is 39.5 Å². The summed E-state index contributed by atoms with van der Waals surface area (Å²) < 4.78 is 4.88. The molecule has 4 saturated carbocycles. The van der Waals surface area contributed by atoms with Gasteiger partial charge in [-0.05, 0) is 56.3 Å². The molecule has 7 nitrogen and oxygen atoms in total. The van der Waals surface area contributed by atoms with Crippen molar-refractivity contribution < 1.29 is 19.1 Å². The van der Waals surface area contributed by atoms with E-state index in [9.17, 15) is 14.4 Å². The van der Waals surface area contributed by atoms with Crippen LogP contribution < -0.4 is 10.6 Å². The Morgan fingerprint density at radius 2 is 1.62 bits per heavy atom. The van der Waals surface area contributed by atoms with Crippen LogP contribution in [0, 0.1) is 17.8 Å². The van der Waals surface area contributed by atoms with E-state index < -0.39 is 24.5 Å². The molecule has 0 aromatic carbocycles. The third-order valence-electron chi connectivity index (χ3n) is 6.11. The molecule has 0 aliphatic heterocycles. The second-order valence-corrected chi connectivity index (χ2v) is 9.52. The van der Waals surface area contributed by atoms with Gasteiger partial charge in [0, 0.05) is 11.7 Å². The van der Waals surface area contributed by atoms with Crippen molar-refractivity contribution in [2.45, 2.75) is 44.1 Å². The summed E-state index contributed by atoms with van der Waals surface area (Å²) in [7, 11) is 0. The van der Waals surface area contributed by atoms with Crippen LogP contribution in [0.3, 0.4) is 0 Å². The van der Waals surface area contributed by atoms with Crippen molar-refractivity contribution in [2.24, 2.45) is 17.8 Å². The zero-order valence-corrected chi connectivity index (χ0v) is 17.7. The maximum absolute atomic E-state index is 12.3. The number of rotatable bonds is 4. The summed E-state index contributed by atoms with van der Waals surface area (Å²) in [5.74, 6) is 0.326.